The van der Waals surface area contributed by atoms with Gasteiger partial charge in [0.2, 0.25) is 5.91 Å². The quantitative estimate of drug-likeness (QED) is 0.869. The third-order valence-corrected chi connectivity index (χ3v) is 3.40. The number of aromatic amines is 1. The Morgan fingerprint density at radius 1 is 1.14 bits per heavy atom. The van der Waals surface area contributed by atoms with Crippen LogP contribution in [0.2, 0.25) is 0 Å². The minimum absolute atomic E-state index is 0.0125. The molecule has 2 rings (SSSR count). The topological polar surface area (TPSA) is 69.3 Å². The predicted octanol–water partition coefficient (Wildman–Crippen LogP) is 0.486. The van der Waals surface area contributed by atoms with Gasteiger partial charge in [0.15, 0.2) is 0 Å². The zero-order chi connectivity index (χ0) is 15.4. The summed E-state index contributed by atoms with van der Waals surface area (Å²) in [5.41, 5.74) is 0.370. The van der Waals surface area contributed by atoms with Gasteiger partial charge in [0.25, 0.3) is 5.56 Å². The van der Waals surface area contributed by atoms with Crippen LogP contribution in [0.5, 0.6) is 0 Å². The SMILES string of the molecule is CN(C)CCN(C)C(=O)Cc1n[nH]c(=O)c2ccccc12. The summed E-state index contributed by atoms with van der Waals surface area (Å²) >= 11 is 0. The number of nitrogens with one attached hydrogen (secondary N) is 1. The number of rotatable bonds is 5. The second kappa shape index (κ2) is 6.49. The van der Waals surface area contributed by atoms with Crippen molar-refractivity contribution >= 4 is 16.7 Å². The standard InChI is InChI=1S/C15H20N4O2/c1-18(2)8-9-19(3)14(20)10-13-11-6-4-5-7-12(11)15(21)17-16-13/h4-7H,8-10H2,1-3H3,(H,17,21). The minimum atomic E-state index is -0.234. The highest BCUT2D eigenvalue weighted by molar-refractivity contribution is 5.88. The molecule has 2 aromatic rings. The molecule has 21 heavy (non-hydrogen) atoms. The van der Waals surface area contributed by atoms with Crippen LogP contribution < -0.4 is 5.56 Å². The van der Waals surface area contributed by atoms with Crippen LogP contribution in [0.1, 0.15) is 5.69 Å². The van der Waals surface area contributed by atoms with Crippen LogP contribution in [0, 0.1) is 0 Å². The normalized spacial score (nSPS) is 11.0. The van der Waals surface area contributed by atoms with Crippen molar-refractivity contribution in [1.82, 2.24) is 20.0 Å². The molecule has 1 N–H and O–H groups in total. The summed E-state index contributed by atoms with van der Waals surface area (Å²) in [6, 6.07) is 7.19. The summed E-state index contributed by atoms with van der Waals surface area (Å²) in [6.45, 7) is 1.47. The number of aromatic nitrogens is 2. The number of carbonyl (C=O) groups excluding carboxylic acids is 1. The Morgan fingerprint density at radius 2 is 1.81 bits per heavy atom. The van der Waals surface area contributed by atoms with Gasteiger partial charge in [0.05, 0.1) is 17.5 Å². The molecule has 6 heteroatoms. The van der Waals surface area contributed by atoms with Crippen molar-refractivity contribution in [2.45, 2.75) is 6.42 Å². The first kappa shape index (κ1) is 15.2. The summed E-state index contributed by atoms with van der Waals surface area (Å²) in [5.74, 6) is -0.0125. The Kier molecular flexibility index (Phi) is 4.70. The monoisotopic (exact) mass is 288 g/mol. The van der Waals surface area contributed by atoms with Crippen LogP contribution in [-0.2, 0) is 11.2 Å². The highest BCUT2D eigenvalue weighted by Crippen LogP contribution is 2.13. The largest absolute Gasteiger partial charge is 0.344 e. The maximum atomic E-state index is 12.2. The van der Waals surface area contributed by atoms with Crippen molar-refractivity contribution in [2.24, 2.45) is 0 Å². The van der Waals surface area contributed by atoms with Gasteiger partial charge in [-0.3, -0.25) is 9.59 Å². The molecule has 0 bridgehead atoms. The average molecular weight is 288 g/mol. The molecule has 1 aromatic carbocycles. The number of carbonyl (C=O) groups is 1. The number of benzene rings is 1. The molecule has 0 radical (unpaired) electrons. The lowest BCUT2D eigenvalue weighted by molar-refractivity contribution is -0.129. The molecular formula is C15H20N4O2. The summed E-state index contributed by atoms with van der Waals surface area (Å²) in [7, 11) is 5.71. The lowest BCUT2D eigenvalue weighted by Crippen LogP contribution is -2.34. The summed E-state index contributed by atoms with van der Waals surface area (Å²) in [5, 5.41) is 7.77. The van der Waals surface area contributed by atoms with Crippen LogP contribution in [0.3, 0.4) is 0 Å². The van der Waals surface area contributed by atoms with Crippen LogP contribution in [0.15, 0.2) is 29.1 Å². The first-order chi connectivity index (χ1) is 9.99. The molecule has 0 unspecified atom stereocenters. The van der Waals surface area contributed by atoms with Crippen LogP contribution in [-0.4, -0.2) is 60.1 Å². The molecule has 0 aliphatic carbocycles. The van der Waals surface area contributed by atoms with Crippen molar-refractivity contribution in [3.63, 3.8) is 0 Å². The highest BCUT2D eigenvalue weighted by atomic mass is 16.2. The van der Waals surface area contributed by atoms with Crippen molar-refractivity contribution in [3.8, 4) is 0 Å². The number of likely N-dealkylation sites (N-methyl/N-ethyl adjacent to an activating group) is 2. The van der Waals surface area contributed by atoms with E-state index in [0.29, 0.717) is 17.6 Å². The number of hydrogen-bond donors (Lipinski definition) is 1. The number of H-pyrrole nitrogens is 1. The minimum Gasteiger partial charge on any atom is -0.344 e. The van der Waals surface area contributed by atoms with Gasteiger partial charge in [-0.25, -0.2) is 5.10 Å². The Labute approximate surface area is 123 Å². The van der Waals surface area contributed by atoms with E-state index < -0.39 is 0 Å². The van der Waals surface area contributed by atoms with Gasteiger partial charge >= 0.3 is 0 Å². The van der Waals surface area contributed by atoms with Crippen molar-refractivity contribution in [3.05, 3.63) is 40.3 Å². The zero-order valence-electron chi connectivity index (χ0n) is 12.6. The fourth-order valence-corrected chi connectivity index (χ4v) is 2.06. The van der Waals surface area contributed by atoms with E-state index in [1.807, 2.05) is 31.1 Å². The molecule has 1 amide bonds. The molecular weight excluding hydrogens is 268 g/mol. The van der Waals surface area contributed by atoms with Crippen LogP contribution in [0.25, 0.3) is 10.8 Å². The Hall–Kier alpha value is -2.21. The molecule has 0 saturated heterocycles. The van der Waals surface area contributed by atoms with Gasteiger partial charge in [-0.15, -0.1) is 0 Å². The maximum Gasteiger partial charge on any atom is 0.272 e. The number of hydrogen-bond acceptors (Lipinski definition) is 4. The Balaban J connectivity index is 2.18. The first-order valence-electron chi connectivity index (χ1n) is 6.84. The summed E-state index contributed by atoms with van der Waals surface area (Å²) in [4.78, 5) is 27.6. The molecule has 0 atom stereocenters. The van der Waals surface area contributed by atoms with E-state index in [-0.39, 0.29) is 17.9 Å². The van der Waals surface area contributed by atoms with Gasteiger partial charge in [-0.2, -0.15) is 5.10 Å². The molecule has 0 aliphatic rings. The molecule has 0 spiro atoms. The van der Waals surface area contributed by atoms with E-state index in [9.17, 15) is 9.59 Å². The van der Waals surface area contributed by atoms with Crippen molar-refractivity contribution in [1.29, 1.82) is 0 Å². The highest BCUT2D eigenvalue weighted by Gasteiger charge is 2.14. The maximum absolute atomic E-state index is 12.2. The molecule has 0 aliphatic heterocycles. The van der Waals surface area contributed by atoms with E-state index in [2.05, 4.69) is 10.2 Å². The van der Waals surface area contributed by atoms with E-state index in [0.717, 1.165) is 11.9 Å². The van der Waals surface area contributed by atoms with Gasteiger partial charge in [0, 0.05) is 25.5 Å². The number of amides is 1. The average Bonchev–Trinajstić information content (AvgIpc) is 2.47. The van der Waals surface area contributed by atoms with Crippen molar-refractivity contribution < 1.29 is 4.79 Å². The molecule has 6 nitrogen and oxygen atoms in total. The van der Waals surface area contributed by atoms with Gasteiger partial charge in [-0.1, -0.05) is 18.2 Å². The first-order valence-corrected chi connectivity index (χ1v) is 6.84. The fourth-order valence-electron chi connectivity index (χ4n) is 2.06. The van der Waals surface area contributed by atoms with E-state index in [1.165, 1.54) is 0 Å². The molecule has 1 heterocycles. The van der Waals surface area contributed by atoms with Crippen molar-refractivity contribution in [2.75, 3.05) is 34.2 Å². The van der Waals surface area contributed by atoms with E-state index in [4.69, 9.17) is 0 Å². The summed E-state index contributed by atoms with van der Waals surface area (Å²) < 4.78 is 0. The van der Waals surface area contributed by atoms with Crippen LogP contribution in [0.4, 0.5) is 0 Å². The second-order valence-corrected chi connectivity index (χ2v) is 5.34. The molecule has 112 valence electrons. The van der Waals surface area contributed by atoms with Gasteiger partial charge < -0.3 is 9.80 Å². The molecule has 0 saturated carbocycles. The molecule has 0 fully saturated rings. The Bertz CT molecular complexity index is 693. The predicted molar refractivity (Wildman–Crippen MR) is 82.3 cm³/mol. The van der Waals surface area contributed by atoms with E-state index in [1.54, 1.807) is 24.1 Å². The zero-order valence-corrected chi connectivity index (χ0v) is 12.6. The lowest BCUT2D eigenvalue weighted by Gasteiger charge is -2.19. The number of nitrogens with zero attached hydrogens (tertiary/aromatic N) is 3. The smallest absolute Gasteiger partial charge is 0.272 e. The molecule has 1 aromatic heterocycles. The Morgan fingerprint density at radius 3 is 2.48 bits per heavy atom. The van der Waals surface area contributed by atoms with E-state index >= 15 is 0 Å². The summed E-state index contributed by atoms with van der Waals surface area (Å²) in [6.07, 6.45) is 0.182. The second-order valence-electron chi connectivity index (χ2n) is 5.34. The number of fused-ring (bicyclic) bond motifs is 1. The lowest BCUT2D eigenvalue weighted by atomic mass is 10.1. The van der Waals surface area contributed by atoms with Gasteiger partial charge in [0.1, 0.15) is 0 Å². The van der Waals surface area contributed by atoms with Gasteiger partial charge in [-0.05, 0) is 20.2 Å². The third kappa shape index (κ3) is 3.66. The van der Waals surface area contributed by atoms with Crippen LogP contribution >= 0.6 is 0 Å². The fraction of sp³-hybridized carbons (Fsp3) is 0.400. The third-order valence-electron chi connectivity index (χ3n) is 3.40.